The Bertz CT molecular complexity index is 171. The molecule has 1 aliphatic rings. The average Bonchev–Trinajstić information content (AvgIpc) is 2.02. The van der Waals surface area contributed by atoms with Gasteiger partial charge in [0, 0.05) is 31.7 Å². The van der Waals surface area contributed by atoms with Crippen molar-refractivity contribution in [1.29, 1.82) is 0 Å². The van der Waals surface area contributed by atoms with Crippen LogP contribution in [0.5, 0.6) is 0 Å². The summed E-state index contributed by atoms with van der Waals surface area (Å²) in [5, 5.41) is 0. The maximum Gasteiger partial charge on any atom is 0.0525 e. The lowest BCUT2D eigenvalue weighted by Crippen LogP contribution is -2.47. The molecule has 0 unspecified atom stereocenters. The van der Waals surface area contributed by atoms with Crippen molar-refractivity contribution in [3.05, 3.63) is 0 Å². The van der Waals surface area contributed by atoms with E-state index in [2.05, 4.69) is 18.7 Å². The number of nitrogens with zero attached hydrogens (tertiary/aromatic N) is 1. The summed E-state index contributed by atoms with van der Waals surface area (Å²) < 4.78 is 5.22. The molecular formula is C11H24N2O. The van der Waals surface area contributed by atoms with Crippen molar-refractivity contribution in [2.45, 2.75) is 32.7 Å². The summed E-state index contributed by atoms with van der Waals surface area (Å²) in [6, 6.07) is 0.377. The number of piperidine rings is 1. The zero-order chi connectivity index (χ0) is 10.6. The molecular weight excluding hydrogens is 176 g/mol. The highest BCUT2D eigenvalue weighted by Gasteiger charge is 2.24. The second-order valence-electron chi connectivity index (χ2n) is 5.23. The lowest BCUT2D eigenvalue weighted by Gasteiger charge is -2.36. The molecule has 1 saturated heterocycles. The maximum absolute atomic E-state index is 5.95. The maximum atomic E-state index is 5.95. The number of hydrogen-bond acceptors (Lipinski definition) is 3. The van der Waals surface area contributed by atoms with Gasteiger partial charge in [-0.1, -0.05) is 13.8 Å². The third-order valence-corrected chi connectivity index (χ3v) is 2.73. The smallest absolute Gasteiger partial charge is 0.0525 e. The summed E-state index contributed by atoms with van der Waals surface area (Å²) in [7, 11) is 1.77. The van der Waals surface area contributed by atoms with E-state index in [1.54, 1.807) is 7.11 Å². The predicted octanol–water partition coefficient (Wildman–Crippen LogP) is 1.08. The summed E-state index contributed by atoms with van der Waals surface area (Å²) in [6.45, 7) is 8.65. The molecule has 84 valence electrons. The predicted molar refractivity (Wildman–Crippen MR) is 59.3 cm³/mol. The molecule has 1 aliphatic heterocycles. The zero-order valence-electron chi connectivity index (χ0n) is 9.75. The Labute approximate surface area is 87.6 Å². The number of hydrogen-bond donors (Lipinski definition) is 1. The summed E-state index contributed by atoms with van der Waals surface area (Å²) in [6.07, 6.45) is 2.42. The Hall–Kier alpha value is -0.120. The van der Waals surface area contributed by atoms with Crippen LogP contribution in [-0.2, 0) is 4.74 Å². The summed E-state index contributed by atoms with van der Waals surface area (Å²) in [5.74, 6) is 0. The molecule has 0 aromatic rings. The van der Waals surface area contributed by atoms with Crippen molar-refractivity contribution in [2.24, 2.45) is 11.1 Å². The first-order chi connectivity index (χ1) is 6.53. The van der Waals surface area contributed by atoms with Crippen LogP contribution in [-0.4, -0.2) is 44.3 Å². The number of methoxy groups -OCH3 is 1. The molecule has 1 atom stereocenters. The van der Waals surface area contributed by atoms with Crippen molar-refractivity contribution in [2.75, 3.05) is 33.4 Å². The standard InChI is InChI=1S/C11H24N2O/c1-11(2,9-14-3)8-13-6-4-5-10(12)7-13/h10H,4-9,12H2,1-3H3/t10-/m1/s1. The summed E-state index contributed by atoms with van der Waals surface area (Å²) in [5.41, 5.74) is 6.19. The van der Waals surface area contributed by atoms with Gasteiger partial charge in [0.25, 0.3) is 0 Å². The van der Waals surface area contributed by atoms with Crippen LogP contribution in [0, 0.1) is 5.41 Å². The average molecular weight is 200 g/mol. The number of nitrogens with two attached hydrogens (primary N) is 1. The lowest BCUT2D eigenvalue weighted by molar-refractivity contribution is 0.0604. The topological polar surface area (TPSA) is 38.5 Å². The highest BCUT2D eigenvalue weighted by Crippen LogP contribution is 2.19. The van der Waals surface area contributed by atoms with Crippen LogP contribution in [0.15, 0.2) is 0 Å². The van der Waals surface area contributed by atoms with Gasteiger partial charge >= 0.3 is 0 Å². The fourth-order valence-electron chi connectivity index (χ4n) is 2.28. The van der Waals surface area contributed by atoms with E-state index in [9.17, 15) is 0 Å². The largest absolute Gasteiger partial charge is 0.384 e. The highest BCUT2D eigenvalue weighted by atomic mass is 16.5. The first-order valence-electron chi connectivity index (χ1n) is 5.50. The molecule has 1 heterocycles. The molecule has 0 spiro atoms. The van der Waals surface area contributed by atoms with Gasteiger partial charge in [-0.3, -0.25) is 0 Å². The van der Waals surface area contributed by atoms with E-state index in [1.165, 1.54) is 19.4 Å². The fourth-order valence-corrected chi connectivity index (χ4v) is 2.28. The Kier molecular flexibility index (Phi) is 4.35. The normalized spacial score (nSPS) is 25.3. The van der Waals surface area contributed by atoms with Crippen LogP contribution in [0.25, 0.3) is 0 Å². The molecule has 0 bridgehead atoms. The quantitative estimate of drug-likeness (QED) is 0.738. The Morgan fingerprint density at radius 2 is 2.21 bits per heavy atom. The Morgan fingerprint density at radius 1 is 1.50 bits per heavy atom. The molecule has 0 radical (unpaired) electrons. The highest BCUT2D eigenvalue weighted by molar-refractivity contribution is 4.80. The van der Waals surface area contributed by atoms with Crippen molar-refractivity contribution >= 4 is 0 Å². The van der Waals surface area contributed by atoms with Gasteiger partial charge in [0.15, 0.2) is 0 Å². The second kappa shape index (κ2) is 5.10. The van der Waals surface area contributed by atoms with Gasteiger partial charge in [-0.25, -0.2) is 0 Å². The third-order valence-electron chi connectivity index (χ3n) is 2.73. The number of ether oxygens (including phenoxy) is 1. The molecule has 0 aromatic carbocycles. The monoisotopic (exact) mass is 200 g/mol. The Morgan fingerprint density at radius 3 is 2.79 bits per heavy atom. The van der Waals surface area contributed by atoms with Crippen LogP contribution in [0.2, 0.25) is 0 Å². The van der Waals surface area contributed by atoms with Crippen LogP contribution < -0.4 is 5.73 Å². The molecule has 2 N–H and O–H groups in total. The molecule has 0 aromatic heterocycles. The molecule has 0 amide bonds. The first-order valence-corrected chi connectivity index (χ1v) is 5.50. The van der Waals surface area contributed by atoms with E-state index in [0.717, 1.165) is 19.7 Å². The van der Waals surface area contributed by atoms with Gasteiger partial charge in [-0.15, -0.1) is 0 Å². The van der Waals surface area contributed by atoms with Gasteiger partial charge in [0.1, 0.15) is 0 Å². The van der Waals surface area contributed by atoms with Gasteiger partial charge in [0.05, 0.1) is 6.61 Å². The molecule has 1 fully saturated rings. The molecule has 0 saturated carbocycles. The van der Waals surface area contributed by atoms with E-state index >= 15 is 0 Å². The Balaban J connectivity index is 2.34. The molecule has 14 heavy (non-hydrogen) atoms. The minimum Gasteiger partial charge on any atom is -0.384 e. The second-order valence-corrected chi connectivity index (χ2v) is 5.23. The van der Waals surface area contributed by atoms with E-state index in [4.69, 9.17) is 10.5 Å². The van der Waals surface area contributed by atoms with E-state index in [0.29, 0.717) is 6.04 Å². The summed E-state index contributed by atoms with van der Waals surface area (Å²) in [4.78, 5) is 2.47. The SMILES string of the molecule is COCC(C)(C)CN1CCC[C@@H](N)C1. The van der Waals surface area contributed by atoms with Crippen LogP contribution in [0.1, 0.15) is 26.7 Å². The van der Waals surface area contributed by atoms with E-state index in [-0.39, 0.29) is 5.41 Å². The van der Waals surface area contributed by atoms with Crippen molar-refractivity contribution in [3.8, 4) is 0 Å². The number of likely N-dealkylation sites (tertiary alicyclic amines) is 1. The minimum atomic E-state index is 0.242. The molecule has 3 nitrogen and oxygen atoms in total. The van der Waals surface area contributed by atoms with Gasteiger partial charge in [0.2, 0.25) is 0 Å². The lowest BCUT2D eigenvalue weighted by atomic mass is 9.92. The van der Waals surface area contributed by atoms with Crippen molar-refractivity contribution < 1.29 is 4.74 Å². The van der Waals surface area contributed by atoms with Gasteiger partial charge in [-0.05, 0) is 19.4 Å². The van der Waals surface area contributed by atoms with Crippen molar-refractivity contribution in [1.82, 2.24) is 4.90 Å². The van der Waals surface area contributed by atoms with E-state index in [1.807, 2.05) is 0 Å². The van der Waals surface area contributed by atoms with E-state index < -0.39 is 0 Å². The molecule has 1 rings (SSSR count). The van der Waals surface area contributed by atoms with Gasteiger partial charge in [-0.2, -0.15) is 0 Å². The van der Waals surface area contributed by atoms with Crippen LogP contribution in [0.4, 0.5) is 0 Å². The van der Waals surface area contributed by atoms with Crippen LogP contribution >= 0.6 is 0 Å². The third kappa shape index (κ3) is 3.95. The molecule has 3 heteroatoms. The van der Waals surface area contributed by atoms with Crippen molar-refractivity contribution in [3.63, 3.8) is 0 Å². The van der Waals surface area contributed by atoms with Crippen LogP contribution in [0.3, 0.4) is 0 Å². The number of rotatable bonds is 4. The minimum absolute atomic E-state index is 0.242. The zero-order valence-corrected chi connectivity index (χ0v) is 9.75. The first kappa shape index (κ1) is 12.0. The van der Waals surface area contributed by atoms with Gasteiger partial charge < -0.3 is 15.4 Å². The fraction of sp³-hybridized carbons (Fsp3) is 1.00. The summed E-state index contributed by atoms with van der Waals surface area (Å²) >= 11 is 0. The molecule has 0 aliphatic carbocycles.